The summed E-state index contributed by atoms with van der Waals surface area (Å²) in [6.07, 6.45) is 9.40. The minimum absolute atomic E-state index is 0. The third kappa shape index (κ3) is 13.8. The summed E-state index contributed by atoms with van der Waals surface area (Å²) in [5, 5.41) is 28.4. The average Bonchev–Trinajstić information content (AvgIpc) is 4.07. The van der Waals surface area contributed by atoms with Crippen molar-refractivity contribution in [1.82, 2.24) is 0 Å². The van der Waals surface area contributed by atoms with Crippen molar-refractivity contribution in [3.63, 3.8) is 0 Å². The SMILES string of the molecule is C.C.C.COc1ccc(F)c(-c2cc(F)c(CO)cc2C2CCCC2(C)C)c1.COc1ccc(F)c(-c2cc(F)c(CO)cc2[C@@H]2CCCC2(C)C)c1.COc1ccc(F)c(-c2cc(F)c(CO)cc2[C@H]2CCCC2(C)C)c1. The third-order valence-corrected chi connectivity index (χ3v) is 16.5. The Labute approximate surface area is 460 Å². The highest BCUT2D eigenvalue weighted by Crippen LogP contribution is 2.54. The van der Waals surface area contributed by atoms with Crippen molar-refractivity contribution < 1.29 is 55.9 Å². The summed E-state index contributed by atoms with van der Waals surface area (Å²) in [6.45, 7) is 12.1. The number of rotatable bonds is 12. The summed E-state index contributed by atoms with van der Waals surface area (Å²) in [5.74, 6) is -0.606. The normalized spacial score (nSPS) is 18.5. The molecule has 3 atom stereocenters. The van der Waals surface area contributed by atoms with Crippen LogP contribution in [0.3, 0.4) is 0 Å². The predicted molar refractivity (Wildman–Crippen MR) is 304 cm³/mol. The van der Waals surface area contributed by atoms with E-state index < -0.39 is 34.9 Å². The number of aliphatic hydroxyl groups excluding tert-OH is 3. The molecule has 0 saturated heterocycles. The van der Waals surface area contributed by atoms with Gasteiger partial charge in [-0.3, -0.25) is 0 Å². The van der Waals surface area contributed by atoms with E-state index in [9.17, 15) is 41.7 Å². The molecule has 3 fully saturated rings. The first-order chi connectivity index (χ1) is 35.6. The fourth-order valence-corrected chi connectivity index (χ4v) is 12.1. The number of hydrogen-bond acceptors (Lipinski definition) is 6. The minimum atomic E-state index is -0.515. The quantitative estimate of drug-likeness (QED) is 0.106. The van der Waals surface area contributed by atoms with Gasteiger partial charge in [-0.15, -0.1) is 0 Å². The molecule has 0 radical (unpaired) electrons. The standard InChI is InChI=1S/3C21H24F2O2.3CH4/c3*1-21(2)8-4-5-18(21)16-9-13(12-24)20(23)11-15(16)17-10-14(25-3)6-7-19(17)22;;;/h3*6-7,9-11,18,24H,4-5,8,12H2,1-3H3;3*1H4/t2*18-;;;;/m10..../s1. The van der Waals surface area contributed by atoms with Crippen LogP contribution >= 0.6 is 0 Å². The molecule has 6 aromatic rings. The van der Waals surface area contributed by atoms with E-state index in [-0.39, 0.29) is 92.8 Å². The predicted octanol–water partition coefficient (Wildman–Crippen LogP) is 18.2. The molecule has 0 aliphatic heterocycles. The van der Waals surface area contributed by atoms with Crippen molar-refractivity contribution in [1.29, 1.82) is 0 Å². The van der Waals surface area contributed by atoms with Gasteiger partial charge in [0.25, 0.3) is 0 Å². The lowest BCUT2D eigenvalue weighted by atomic mass is 9.75. The second kappa shape index (κ2) is 26.9. The maximum atomic E-state index is 14.5. The number of benzene rings is 6. The minimum Gasteiger partial charge on any atom is -0.497 e. The van der Waals surface area contributed by atoms with E-state index in [4.69, 9.17) is 14.2 Å². The number of aliphatic hydroxyl groups is 3. The van der Waals surface area contributed by atoms with Gasteiger partial charge in [-0.05, 0) is 197 Å². The molecule has 0 heterocycles. The molecule has 0 spiro atoms. The fourth-order valence-electron chi connectivity index (χ4n) is 12.1. The molecular weight excluding hydrogens is 1000 g/mol. The Kier molecular flexibility index (Phi) is 22.3. The maximum absolute atomic E-state index is 14.5. The van der Waals surface area contributed by atoms with Gasteiger partial charge in [0.05, 0.1) is 41.2 Å². The fraction of sp³-hybridized carbons (Fsp3) is 0.455. The molecule has 426 valence electrons. The zero-order chi connectivity index (χ0) is 54.6. The topological polar surface area (TPSA) is 88.4 Å². The molecule has 0 bridgehead atoms. The van der Waals surface area contributed by atoms with Crippen LogP contribution in [0.15, 0.2) is 91.0 Å². The van der Waals surface area contributed by atoms with Crippen molar-refractivity contribution in [3.8, 4) is 50.6 Å². The average molecular weight is 1090 g/mol. The van der Waals surface area contributed by atoms with Crippen molar-refractivity contribution in [2.45, 2.75) is 159 Å². The molecular formula is C66H84F6O6. The highest BCUT2D eigenvalue weighted by atomic mass is 19.1. The molecule has 0 amide bonds. The Morgan fingerprint density at radius 2 is 0.615 bits per heavy atom. The van der Waals surface area contributed by atoms with Crippen molar-refractivity contribution in [2.75, 3.05) is 21.3 Å². The van der Waals surface area contributed by atoms with E-state index >= 15 is 0 Å². The van der Waals surface area contributed by atoms with Crippen LogP contribution < -0.4 is 14.2 Å². The first kappa shape index (κ1) is 64.7. The zero-order valence-electron chi connectivity index (χ0n) is 44.7. The molecule has 3 N–H and O–H groups in total. The van der Waals surface area contributed by atoms with Gasteiger partial charge in [0.2, 0.25) is 0 Å². The molecule has 6 aromatic carbocycles. The second-order valence-corrected chi connectivity index (χ2v) is 22.4. The van der Waals surface area contributed by atoms with E-state index in [2.05, 4.69) is 41.5 Å². The molecule has 6 nitrogen and oxygen atoms in total. The van der Waals surface area contributed by atoms with E-state index in [1.54, 1.807) is 54.6 Å². The van der Waals surface area contributed by atoms with E-state index in [1.165, 1.54) is 57.7 Å². The Hall–Kier alpha value is -5.82. The summed E-state index contributed by atoms with van der Waals surface area (Å²) in [5.41, 5.74) is 6.27. The lowest BCUT2D eigenvalue weighted by molar-refractivity contribution is 0.274. The molecule has 12 heteroatoms. The van der Waals surface area contributed by atoms with E-state index in [1.807, 2.05) is 0 Å². The molecule has 3 aliphatic carbocycles. The van der Waals surface area contributed by atoms with E-state index in [0.29, 0.717) is 50.6 Å². The number of hydrogen-bond donors (Lipinski definition) is 3. The highest BCUT2D eigenvalue weighted by Gasteiger charge is 2.40. The largest absolute Gasteiger partial charge is 0.497 e. The Balaban J connectivity index is 0.000000248. The molecule has 1 unspecified atom stereocenters. The second-order valence-electron chi connectivity index (χ2n) is 22.4. The highest BCUT2D eigenvalue weighted by molar-refractivity contribution is 5.73. The number of halogens is 6. The van der Waals surface area contributed by atoms with Crippen molar-refractivity contribution in [3.05, 3.63) is 159 Å². The van der Waals surface area contributed by atoms with Crippen molar-refractivity contribution >= 4 is 0 Å². The van der Waals surface area contributed by atoms with Crippen LogP contribution in [0.5, 0.6) is 17.2 Å². The van der Waals surface area contributed by atoms with Crippen LogP contribution in [0.25, 0.3) is 33.4 Å². The molecule has 78 heavy (non-hydrogen) atoms. The van der Waals surface area contributed by atoms with Gasteiger partial charge in [0.1, 0.15) is 52.2 Å². The van der Waals surface area contributed by atoms with Crippen LogP contribution in [0.2, 0.25) is 0 Å². The van der Waals surface area contributed by atoms with Gasteiger partial charge < -0.3 is 29.5 Å². The van der Waals surface area contributed by atoms with Gasteiger partial charge in [0.15, 0.2) is 0 Å². The third-order valence-electron chi connectivity index (χ3n) is 16.5. The van der Waals surface area contributed by atoms with Gasteiger partial charge in [-0.2, -0.15) is 0 Å². The van der Waals surface area contributed by atoms with Crippen LogP contribution in [0, 0.1) is 51.1 Å². The Morgan fingerprint density at radius 3 is 0.808 bits per heavy atom. The molecule has 3 saturated carbocycles. The van der Waals surface area contributed by atoms with Crippen molar-refractivity contribution in [2.24, 2.45) is 16.2 Å². The van der Waals surface area contributed by atoms with E-state index in [0.717, 1.165) is 74.5 Å². The maximum Gasteiger partial charge on any atom is 0.131 e. The molecule has 9 rings (SSSR count). The number of ether oxygens (including phenoxy) is 3. The number of methoxy groups -OCH3 is 3. The van der Waals surface area contributed by atoms with Gasteiger partial charge in [-0.1, -0.05) is 83.1 Å². The summed E-state index contributed by atoms with van der Waals surface area (Å²) in [4.78, 5) is 0. The van der Waals surface area contributed by atoms with Gasteiger partial charge in [0, 0.05) is 33.4 Å². The lowest BCUT2D eigenvalue weighted by Gasteiger charge is -2.30. The van der Waals surface area contributed by atoms with Crippen LogP contribution in [-0.4, -0.2) is 36.6 Å². The lowest BCUT2D eigenvalue weighted by Crippen LogP contribution is -2.17. The summed E-state index contributed by atoms with van der Waals surface area (Å²) < 4.78 is 102. The van der Waals surface area contributed by atoms with Crippen LogP contribution in [0.1, 0.15) is 173 Å². The Bertz CT molecular complexity index is 2670. The van der Waals surface area contributed by atoms with Crippen LogP contribution in [0.4, 0.5) is 26.3 Å². The first-order valence-corrected chi connectivity index (χ1v) is 25.9. The monoisotopic (exact) mass is 1090 g/mol. The van der Waals surface area contributed by atoms with Gasteiger partial charge in [-0.25, -0.2) is 26.3 Å². The smallest absolute Gasteiger partial charge is 0.131 e. The first-order valence-electron chi connectivity index (χ1n) is 25.9. The zero-order valence-corrected chi connectivity index (χ0v) is 44.7. The summed E-state index contributed by atoms with van der Waals surface area (Å²) in [6, 6.07) is 22.7. The molecule has 0 aromatic heterocycles. The van der Waals surface area contributed by atoms with Gasteiger partial charge >= 0.3 is 0 Å². The Morgan fingerprint density at radius 1 is 0.372 bits per heavy atom. The van der Waals surface area contributed by atoms with Crippen LogP contribution in [-0.2, 0) is 19.8 Å². The summed E-state index contributed by atoms with van der Waals surface area (Å²) >= 11 is 0. The summed E-state index contributed by atoms with van der Waals surface area (Å²) in [7, 11) is 4.56. The molecule has 3 aliphatic rings.